The Kier molecular flexibility index (Phi) is 2.48. The summed E-state index contributed by atoms with van der Waals surface area (Å²) in [7, 11) is 0. The molecule has 0 atom stereocenters. The fourth-order valence-corrected chi connectivity index (χ4v) is 1.80. The van der Waals surface area contributed by atoms with Gasteiger partial charge in [-0.25, -0.2) is 4.68 Å². The van der Waals surface area contributed by atoms with Crippen molar-refractivity contribution in [3.05, 3.63) is 21.8 Å². The molecule has 1 aromatic carbocycles. The molecule has 0 fully saturated rings. The monoisotopic (exact) mass is 287 g/mol. The highest BCUT2D eigenvalue weighted by Crippen LogP contribution is 2.14. The lowest BCUT2D eigenvalue weighted by molar-refractivity contribution is 0.596. The Hall–Kier alpha value is -0.650. The normalized spacial score (nSPS) is 10.9. The van der Waals surface area contributed by atoms with Crippen LogP contribution in [0.5, 0.6) is 0 Å². The highest BCUT2D eigenvalue weighted by Gasteiger charge is 2.02. The summed E-state index contributed by atoms with van der Waals surface area (Å²) < 4.78 is 3.15. The molecule has 2 rings (SSSR count). The van der Waals surface area contributed by atoms with Gasteiger partial charge in [0.15, 0.2) is 0 Å². The number of nitrogens with zero attached hydrogens (tertiary/aromatic N) is 3. The van der Waals surface area contributed by atoms with E-state index in [0.29, 0.717) is 0 Å². The standard InChI is InChI=1S/C9H10IN3/c1-2-5-13-9-4-3-7(10)6-8(9)11-12-13/h3-4,6H,2,5H2,1H3. The van der Waals surface area contributed by atoms with Gasteiger partial charge in [-0.1, -0.05) is 12.1 Å². The number of benzene rings is 1. The van der Waals surface area contributed by atoms with Crippen molar-refractivity contribution in [2.75, 3.05) is 0 Å². The summed E-state index contributed by atoms with van der Waals surface area (Å²) in [5, 5.41) is 8.20. The minimum absolute atomic E-state index is 0.942. The first kappa shape index (κ1) is 8.93. The van der Waals surface area contributed by atoms with Crippen molar-refractivity contribution in [2.45, 2.75) is 19.9 Å². The number of aryl methyl sites for hydroxylation is 1. The molecule has 0 amide bonds. The van der Waals surface area contributed by atoms with Gasteiger partial charge in [0, 0.05) is 10.1 Å². The van der Waals surface area contributed by atoms with Crippen LogP contribution < -0.4 is 0 Å². The predicted molar refractivity (Wildman–Crippen MR) is 60.5 cm³/mol. The molecular formula is C9H10IN3. The molecule has 0 radical (unpaired) electrons. The van der Waals surface area contributed by atoms with E-state index in [2.05, 4.69) is 58.0 Å². The van der Waals surface area contributed by atoms with E-state index in [9.17, 15) is 0 Å². The topological polar surface area (TPSA) is 30.7 Å². The molecule has 0 bridgehead atoms. The van der Waals surface area contributed by atoms with E-state index in [1.165, 1.54) is 3.57 Å². The molecule has 0 unspecified atom stereocenters. The molecule has 1 aromatic heterocycles. The van der Waals surface area contributed by atoms with E-state index in [1.54, 1.807) is 0 Å². The number of aromatic nitrogens is 3. The summed E-state index contributed by atoms with van der Waals surface area (Å²) in [6.45, 7) is 3.08. The van der Waals surface area contributed by atoms with Crippen LogP contribution in [0.4, 0.5) is 0 Å². The fraction of sp³-hybridized carbons (Fsp3) is 0.333. The lowest BCUT2D eigenvalue weighted by Gasteiger charge is -1.97. The van der Waals surface area contributed by atoms with E-state index in [4.69, 9.17) is 0 Å². The summed E-state index contributed by atoms with van der Waals surface area (Å²) in [6.07, 6.45) is 1.09. The number of rotatable bonds is 2. The molecule has 2 aromatic rings. The zero-order valence-corrected chi connectivity index (χ0v) is 9.52. The first-order valence-electron chi connectivity index (χ1n) is 4.30. The van der Waals surface area contributed by atoms with Gasteiger partial charge in [0.05, 0.1) is 5.52 Å². The average molecular weight is 287 g/mol. The Labute approximate surface area is 90.3 Å². The zero-order valence-electron chi connectivity index (χ0n) is 7.37. The van der Waals surface area contributed by atoms with Gasteiger partial charge in [0.25, 0.3) is 0 Å². The van der Waals surface area contributed by atoms with Crippen molar-refractivity contribution < 1.29 is 0 Å². The third kappa shape index (κ3) is 1.67. The maximum Gasteiger partial charge on any atom is 0.114 e. The lowest BCUT2D eigenvalue weighted by atomic mass is 10.3. The van der Waals surface area contributed by atoms with Crippen LogP contribution in [0.3, 0.4) is 0 Å². The van der Waals surface area contributed by atoms with Crippen molar-refractivity contribution >= 4 is 33.6 Å². The molecule has 0 saturated carbocycles. The fourth-order valence-electron chi connectivity index (χ4n) is 1.32. The number of fused-ring (bicyclic) bond motifs is 1. The molecule has 0 aliphatic heterocycles. The Morgan fingerprint density at radius 2 is 2.31 bits per heavy atom. The smallest absolute Gasteiger partial charge is 0.114 e. The van der Waals surface area contributed by atoms with Crippen molar-refractivity contribution in [1.82, 2.24) is 15.0 Å². The van der Waals surface area contributed by atoms with Crippen LogP contribution in [0.1, 0.15) is 13.3 Å². The van der Waals surface area contributed by atoms with E-state index in [-0.39, 0.29) is 0 Å². The molecule has 68 valence electrons. The van der Waals surface area contributed by atoms with Crippen LogP contribution in [0.2, 0.25) is 0 Å². The molecule has 3 nitrogen and oxygen atoms in total. The Morgan fingerprint density at radius 3 is 3.08 bits per heavy atom. The second kappa shape index (κ2) is 3.61. The van der Waals surface area contributed by atoms with Crippen molar-refractivity contribution in [3.8, 4) is 0 Å². The van der Waals surface area contributed by atoms with Crippen molar-refractivity contribution in [3.63, 3.8) is 0 Å². The molecule has 0 N–H and O–H groups in total. The van der Waals surface area contributed by atoms with Gasteiger partial charge in [-0.3, -0.25) is 0 Å². The highest BCUT2D eigenvalue weighted by molar-refractivity contribution is 14.1. The first-order valence-corrected chi connectivity index (χ1v) is 5.38. The molecule has 13 heavy (non-hydrogen) atoms. The lowest BCUT2D eigenvalue weighted by Crippen LogP contribution is -1.98. The Morgan fingerprint density at radius 1 is 1.46 bits per heavy atom. The summed E-state index contributed by atoms with van der Waals surface area (Å²) in [4.78, 5) is 0. The van der Waals surface area contributed by atoms with Crippen LogP contribution in [0.15, 0.2) is 18.2 Å². The molecular weight excluding hydrogens is 277 g/mol. The van der Waals surface area contributed by atoms with E-state index in [1.807, 2.05) is 4.68 Å². The van der Waals surface area contributed by atoms with Crippen molar-refractivity contribution in [1.29, 1.82) is 0 Å². The Balaban J connectivity index is 2.55. The van der Waals surface area contributed by atoms with E-state index < -0.39 is 0 Å². The molecule has 1 heterocycles. The van der Waals surface area contributed by atoms with Crippen molar-refractivity contribution in [2.24, 2.45) is 0 Å². The maximum absolute atomic E-state index is 4.11. The highest BCUT2D eigenvalue weighted by atomic mass is 127. The van der Waals surface area contributed by atoms with Gasteiger partial charge in [-0.15, -0.1) is 5.10 Å². The van der Waals surface area contributed by atoms with Gasteiger partial charge < -0.3 is 0 Å². The third-order valence-corrected chi connectivity index (χ3v) is 2.58. The minimum Gasteiger partial charge on any atom is -0.245 e. The predicted octanol–water partition coefficient (Wildman–Crippen LogP) is 2.45. The van der Waals surface area contributed by atoms with E-state index >= 15 is 0 Å². The van der Waals surface area contributed by atoms with Gasteiger partial charge in [-0.05, 0) is 47.2 Å². The summed E-state index contributed by atoms with van der Waals surface area (Å²) in [6, 6.07) is 6.21. The number of halogens is 1. The van der Waals surface area contributed by atoms with Crippen LogP contribution in [-0.4, -0.2) is 15.0 Å². The number of hydrogen-bond donors (Lipinski definition) is 0. The SMILES string of the molecule is CCCn1nnc2cc(I)ccc21. The van der Waals surface area contributed by atoms with E-state index in [0.717, 1.165) is 24.0 Å². The van der Waals surface area contributed by atoms with Gasteiger partial charge >= 0.3 is 0 Å². The number of hydrogen-bond acceptors (Lipinski definition) is 2. The molecule has 0 aliphatic carbocycles. The largest absolute Gasteiger partial charge is 0.245 e. The van der Waals surface area contributed by atoms with Gasteiger partial charge in [0.2, 0.25) is 0 Å². The van der Waals surface area contributed by atoms with Gasteiger partial charge in [-0.2, -0.15) is 0 Å². The minimum atomic E-state index is 0.942. The maximum atomic E-state index is 4.11. The van der Waals surface area contributed by atoms with Crippen LogP contribution in [0.25, 0.3) is 11.0 Å². The second-order valence-electron chi connectivity index (χ2n) is 2.95. The molecule has 0 saturated heterocycles. The summed E-state index contributed by atoms with van der Waals surface area (Å²) in [5.74, 6) is 0. The quantitative estimate of drug-likeness (QED) is 0.794. The summed E-state index contributed by atoms with van der Waals surface area (Å²) in [5.41, 5.74) is 2.11. The van der Waals surface area contributed by atoms with Crippen LogP contribution >= 0.6 is 22.6 Å². The summed E-state index contributed by atoms with van der Waals surface area (Å²) >= 11 is 2.28. The van der Waals surface area contributed by atoms with Crippen LogP contribution in [-0.2, 0) is 6.54 Å². The average Bonchev–Trinajstić information content (AvgIpc) is 2.49. The van der Waals surface area contributed by atoms with Gasteiger partial charge in [0.1, 0.15) is 5.52 Å². The molecule has 0 aliphatic rings. The second-order valence-corrected chi connectivity index (χ2v) is 4.19. The third-order valence-electron chi connectivity index (χ3n) is 1.91. The molecule has 4 heteroatoms. The Bertz CT molecular complexity index is 422. The molecule has 0 spiro atoms. The zero-order chi connectivity index (χ0) is 9.26. The van der Waals surface area contributed by atoms with Crippen LogP contribution in [0, 0.1) is 3.57 Å². The first-order chi connectivity index (χ1) is 6.31.